The van der Waals surface area contributed by atoms with Gasteiger partial charge in [-0.1, -0.05) is 12.1 Å². The number of hydrogen-bond donors (Lipinski definition) is 0. The third kappa shape index (κ3) is 5.88. The summed E-state index contributed by atoms with van der Waals surface area (Å²) in [6, 6.07) is 10.6. The van der Waals surface area contributed by atoms with E-state index in [1.54, 1.807) is 52.4 Å². The summed E-state index contributed by atoms with van der Waals surface area (Å²) in [5.74, 6) is 0.0235. The molecule has 1 aromatic carbocycles. The molecule has 2 rings (SSSR count). The molecule has 138 valence electrons. The number of methoxy groups -OCH3 is 1. The highest BCUT2D eigenvalue weighted by atomic mass is 16.6. The molecule has 1 heterocycles. The predicted octanol–water partition coefficient (Wildman–Crippen LogP) is 3.07. The molecule has 0 N–H and O–H groups in total. The quantitative estimate of drug-likeness (QED) is 0.744. The van der Waals surface area contributed by atoms with Crippen molar-refractivity contribution in [2.45, 2.75) is 32.9 Å². The van der Waals surface area contributed by atoms with Crippen LogP contribution in [-0.2, 0) is 16.1 Å². The van der Waals surface area contributed by atoms with Crippen molar-refractivity contribution in [2.75, 3.05) is 13.7 Å². The Balaban J connectivity index is 2.19. The van der Waals surface area contributed by atoms with E-state index in [1.807, 2.05) is 24.3 Å². The highest BCUT2D eigenvalue weighted by Gasteiger charge is 2.23. The molecule has 1 amide bonds. The van der Waals surface area contributed by atoms with Gasteiger partial charge >= 0.3 is 5.97 Å². The highest BCUT2D eigenvalue weighted by Crippen LogP contribution is 2.15. The molecule has 0 radical (unpaired) electrons. The number of benzene rings is 1. The van der Waals surface area contributed by atoms with Gasteiger partial charge < -0.3 is 14.4 Å². The Morgan fingerprint density at radius 3 is 2.19 bits per heavy atom. The Hall–Kier alpha value is -2.89. The molecule has 0 fully saturated rings. The molecule has 26 heavy (non-hydrogen) atoms. The van der Waals surface area contributed by atoms with Crippen molar-refractivity contribution < 1.29 is 19.1 Å². The third-order valence-corrected chi connectivity index (χ3v) is 3.49. The fourth-order valence-electron chi connectivity index (χ4n) is 2.36. The molecular formula is C20H24N2O4. The molecule has 1 aromatic heterocycles. The molecule has 6 nitrogen and oxygen atoms in total. The summed E-state index contributed by atoms with van der Waals surface area (Å²) in [7, 11) is 1.59. The van der Waals surface area contributed by atoms with Crippen LogP contribution >= 0.6 is 0 Å². The van der Waals surface area contributed by atoms with Gasteiger partial charge in [0.2, 0.25) is 0 Å². The van der Waals surface area contributed by atoms with E-state index >= 15 is 0 Å². The molecule has 0 unspecified atom stereocenters. The van der Waals surface area contributed by atoms with Crippen molar-refractivity contribution in [2.24, 2.45) is 0 Å². The van der Waals surface area contributed by atoms with Crippen LogP contribution in [0.3, 0.4) is 0 Å². The first-order valence-electron chi connectivity index (χ1n) is 8.32. The van der Waals surface area contributed by atoms with Crippen molar-refractivity contribution in [3.05, 3.63) is 59.9 Å². The molecule has 0 saturated heterocycles. The summed E-state index contributed by atoms with van der Waals surface area (Å²) in [5, 5.41) is 0. The molecule has 0 aliphatic heterocycles. The van der Waals surface area contributed by atoms with E-state index in [0.717, 1.165) is 11.3 Å². The van der Waals surface area contributed by atoms with Gasteiger partial charge in [-0.3, -0.25) is 14.6 Å². The first-order valence-corrected chi connectivity index (χ1v) is 8.32. The van der Waals surface area contributed by atoms with Gasteiger partial charge in [-0.25, -0.2) is 0 Å². The van der Waals surface area contributed by atoms with Crippen LogP contribution in [0.2, 0.25) is 0 Å². The third-order valence-electron chi connectivity index (χ3n) is 3.49. The van der Waals surface area contributed by atoms with E-state index in [9.17, 15) is 9.59 Å². The molecule has 0 saturated carbocycles. The number of esters is 1. The van der Waals surface area contributed by atoms with Crippen molar-refractivity contribution in [3.8, 4) is 5.75 Å². The highest BCUT2D eigenvalue weighted by molar-refractivity contribution is 5.95. The van der Waals surface area contributed by atoms with Crippen LogP contribution < -0.4 is 4.74 Å². The number of carbonyl (C=O) groups excluding carboxylic acids is 2. The lowest BCUT2D eigenvalue weighted by atomic mass is 10.1. The van der Waals surface area contributed by atoms with Gasteiger partial charge in [0.25, 0.3) is 5.91 Å². The minimum absolute atomic E-state index is 0.134. The topological polar surface area (TPSA) is 68.7 Å². The van der Waals surface area contributed by atoms with Crippen LogP contribution in [0.25, 0.3) is 0 Å². The van der Waals surface area contributed by atoms with Crippen LogP contribution in [0, 0.1) is 0 Å². The Morgan fingerprint density at radius 2 is 1.65 bits per heavy atom. The minimum atomic E-state index is -0.609. The maximum absolute atomic E-state index is 12.8. The Morgan fingerprint density at radius 1 is 1.04 bits per heavy atom. The number of nitrogens with zero attached hydrogens (tertiary/aromatic N) is 2. The van der Waals surface area contributed by atoms with E-state index in [0.29, 0.717) is 5.56 Å². The first kappa shape index (κ1) is 19.4. The number of carbonyl (C=O) groups is 2. The van der Waals surface area contributed by atoms with Crippen LogP contribution in [-0.4, -0.2) is 41.0 Å². The summed E-state index contributed by atoms with van der Waals surface area (Å²) in [6.45, 7) is 5.53. The largest absolute Gasteiger partial charge is 0.497 e. The van der Waals surface area contributed by atoms with Crippen LogP contribution in [0.1, 0.15) is 36.7 Å². The van der Waals surface area contributed by atoms with E-state index in [-0.39, 0.29) is 19.0 Å². The van der Waals surface area contributed by atoms with E-state index in [4.69, 9.17) is 9.47 Å². The van der Waals surface area contributed by atoms with Crippen molar-refractivity contribution in [1.82, 2.24) is 9.88 Å². The minimum Gasteiger partial charge on any atom is -0.497 e. The molecule has 6 heteroatoms. The average Bonchev–Trinajstić information content (AvgIpc) is 2.60. The number of hydrogen-bond acceptors (Lipinski definition) is 5. The fourth-order valence-corrected chi connectivity index (χ4v) is 2.36. The van der Waals surface area contributed by atoms with Crippen molar-refractivity contribution >= 4 is 11.9 Å². The van der Waals surface area contributed by atoms with E-state index in [2.05, 4.69) is 4.98 Å². The van der Waals surface area contributed by atoms with Crippen LogP contribution in [0.4, 0.5) is 0 Å². The molecule has 2 aromatic rings. The normalized spacial score (nSPS) is 10.9. The fraction of sp³-hybridized carbons (Fsp3) is 0.350. The monoisotopic (exact) mass is 356 g/mol. The second kappa shape index (κ2) is 8.47. The number of amides is 1. The molecule has 0 bridgehead atoms. The van der Waals surface area contributed by atoms with Gasteiger partial charge in [-0.05, 0) is 50.6 Å². The molecule has 0 aliphatic carbocycles. The SMILES string of the molecule is COc1ccc(CN(CC(=O)OC(C)(C)C)C(=O)c2ccncc2)cc1. The van der Waals surface area contributed by atoms with Crippen molar-refractivity contribution in [1.29, 1.82) is 0 Å². The zero-order valence-corrected chi connectivity index (χ0v) is 15.6. The zero-order valence-electron chi connectivity index (χ0n) is 15.6. The zero-order chi connectivity index (χ0) is 19.2. The number of aromatic nitrogens is 1. The molecule has 0 spiro atoms. The summed E-state index contributed by atoms with van der Waals surface area (Å²) in [6.07, 6.45) is 3.10. The van der Waals surface area contributed by atoms with Gasteiger partial charge in [-0.15, -0.1) is 0 Å². The molecule has 0 atom stereocenters. The first-order chi connectivity index (χ1) is 12.3. The maximum atomic E-state index is 12.8. The average molecular weight is 356 g/mol. The predicted molar refractivity (Wildman–Crippen MR) is 97.8 cm³/mol. The number of rotatable bonds is 6. The smallest absolute Gasteiger partial charge is 0.326 e. The lowest BCUT2D eigenvalue weighted by molar-refractivity contribution is -0.155. The van der Waals surface area contributed by atoms with Gasteiger partial charge in [-0.2, -0.15) is 0 Å². The van der Waals surface area contributed by atoms with Crippen LogP contribution in [0.15, 0.2) is 48.8 Å². The standard InChI is InChI=1S/C20H24N2O4/c1-20(2,3)26-18(23)14-22(19(24)16-9-11-21-12-10-16)13-15-5-7-17(25-4)8-6-15/h5-12H,13-14H2,1-4H3. The Labute approximate surface area is 153 Å². The maximum Gasteiger partial charge on any atom is 0.326 e. The lowest BCUT2D eigenvalue weighted by Gasteiger charge is -2.25. The Kier molecular flexibility index (Phi) is 6.33. The van der Waals surface area contributed by atoms with E-state index < -0.39 is 11.6 Å². The lowest BCUT2D eigenvalue weighted by Crippen LogP contribution is -2.38. The van der Waals surface area contributed by atoms with Gasteiger partial charge in [0.05, 0.1) is 7.11 Å². The summed E-state index contributed by atoms with van der Waals surface area (Å²) in [5.41, 5.74) is 0.747. The summed E-state index contributed by atoms with van der Waals surface area (Å²) in [4.78, 5) is 30.5. The number of pyridine rings is 1. The summed E-state index contributed by atoms with van der Waals surface area (Å²) < 4.78 is 10.5. The second-order valence-electron chi connectivity index (χ2n) is 6.83. The number of ether oxygens (including phenoxy) is 2. The van der Waals surface area contributed by atoms with Crippen molar-refractivity contribution in [3.63, 3.8) is 0 Å². The molecule has 0 aliphatic rings. The Bertz CT molecular complexity index is 737. The summed E-state index contributed by atoms with van der Waals surface area (Å²) >= 11 is 0. The molecular weight excluding hydrogens is 332 g/mol. The van der Waals surface area contributed by atoms with Gasteiger partial charge in [0.1, 0.15) is 17.9 Å². The van der Waals surface area contributed by atoms with Crippen LogP contribution in [0.5, 0.6) is 5.75 Å². The van der Waals surface area contributed by atoms with E-state index in [1.165, 1.54) is 4.90 Å². The van der Waals surface area contributed by atoms with Gasteiger partial charge in [0.15, 0.2) is 0 Å². The second-order valence-corrected chi connectivity index (χ2v) is 6.83. The van der Waals surface area contributed by atoms with Gasteiger partial charge in [0, 0.05) is 24.5 Å².